The van der Waals surface area contributed by atoms with E-state index in [0.29, 0.717) is 24.3 Å². The molecule has 0 spiro atoms. The Kier molecular flexibility index (Phi) is 5.15. The third kappa shape index (κ3) is 3.90. The van der Waals surface area contributed by atoms with E-state index in [2.05, 4.69) is 16.1 Å². The van der Waals surface area contributed by atoms with Crippen LogP contribution in [0.25, 0.3) is 16.5 Å². The van der Waals surface area contributed by atoms with Gasteiger partial charge >= 0.3 is 0 Å². The molecule has 0 saturated carbocycles. The Bertz CT molecular complexity index is 496. The molecule has 5 heteroatoms. The first-order valence-corrected chi connectivity index (χ1v) is 5.07. The van der Waals surface area contributed by atoms with Crippen LogP contribution in [0.1, 0.15) is 17.5 Å². The lowest BCUT2D eigenvalue weighted by Gasteiger charge is -2.04. The minimum Gasteiger partial charge on any atom is -0.496 e. The quantitative estimate of drug-likeness (QED) is 0.335. The SMILES string of the molecule is COc1ccc(C#N)cc1C=CCCN=[N+]=[N-]. The highest BCUT2D eigenvalue weighted by Gasteiger charge is 2.00. The van der Waals surface area contributed by atoms with Gasteiger partial charge in [0.05, 0.1) is 18.7 Å². The van der Waals surface area contributed by atoms with Gasteiger partial charge in [0.15, 0.2) is 0 Å². The van der Waals surface area contributed by atoms with E-state index in [4.69, 9.17) is 15.5 Å². The number of azide groups is 1. The lowest BCUT2D eigenvalue weighted by molar-refractivity contribution is 0.414. The second-order valence-electron chi connectivity index (χ2n) is 3.21. The Morgan fingerprint density at radius 1 is 1.59 bits per heavy atom. The van der Waals surface area contributed by atoms with E-state index in [1.807, 2.05) is 12.2 Å². The van der Waals surface area contributed by atoms with Gasteiger partial charge in [-0.05, 0) is 30.2 Å². The van der Waals surface area contributed by atoms with Crippen molar-refractivity contribution in [2.45, 2.75) is 6.42 Å². The molecule has 0 fully saturated rings. The summed E-state index contributed by atoms with van der Waals surface area (Å²) in [7, 11) is 1.58. The Balaban J connectivity index is 2.80. The van der Waals surface area contributed by atoms with E-state index >= 15 is 0 Å². The van der Waals surface area contributed by atoms with Crippen LogP contribution in [-0.4, -0.2) is 13.7 Å². The topological polar surface area (TPSA) is 81.8 Å². The summed E-state index contributed by atoms with van der Waals surface area (Å²) in [6.07, 6.45) is 4.39. The van der Waals surface area contributed by atoms with Crippen LogP contribution in [0, 0.1) is 11.3 Å². The normalized spacial score (nSPS) is 9.65. The second kappa shape index (κ2) is 6.94. The molecule has 0 aliphatic rings. The zero-order chi connectivity index (χ0) is 12.5. The third-order valence-corrected chi connectivity index (χ3v) is 2.12. The van der Waals surface area contributed by atoms with Gasteiger partial charge in [-0.15, -0.1) is 0 Å². The van der Waals surface area contributed by atoms with Gasteiger partial charge in [0.25, 0.3) is 0 Å². The van der Waals surface area contributed by atoms with Gasteiger partial charge in [0, 0.05) is 17.0 Å². The molecule has 0 aliphatic carbocycles. The zero-order valence-electron chi connectivity index (χ0n) is 9.50. The Labute approximate surface area is 99.6 Å². The van der Waals surface area contributed by atoms with Crippen LogP contribution in [0.15, 0.2) is 29.4 Å². The van der Waals surface area contributed by atoms with Gasteiger partial charge in [0.1, 0.15) is 5.75 Å². The lowest BCUT2D eigenvalue weighted by atomic mass is 10.1. The number of methoxy groups -OCH3 is 1. The number of nitriles is 1. The maximum Gasteiger partial charge on any atom is 0.126 e. The molecule has 0 saturated heterocycles. The molecule has 0 unspecified atom stereocenters. The fourth-order valence-corrected chi connectivity index (χ4v) is 1.32. The second-order valence-corrected chi connectivity index (χ2v) is 3.21. The standard InChI is InChI=1S/C12H12N4O/c1-17-12-6-5-10(9-13)8-11(12)4-2-3-7-15-16-14/h2,4-6,8H,3,7H2,1H3. The van der Waals surface area contributed by atoms with E-state index in [0.717, 1.165) is 5.56 Å². The molecule has 0 bridgehead atoms. The van der Waals surface area contributed by atoms with E-state index < -0.39 is 0 Å². The predicted octanol–water partition coefficient (Wildman–Crippen LogP) is 3.28. The maximum absolute atomic E-state index is 8.80. The summed E-state index contributed by atoms with van der Waals surface area (Å²) in [4.78, 5) is 2.66. The first-order valence-electron chi connectivity index (χ1n) is 5.07. The van der Waals surface area contributed by atoms with Gasteiger partial charge in [-0.3, -0.25) is 0 Å². The van der Waals surface area contributed by atoms with Crippen molar-refractivity contribution >= 4 is 6.08 Å². The lowest BCUT2D eigenvalue weighted by Crippen LogP contribution is -1.88. The third-order valence-electron chi connectivity index (χ3n) is 2.12. The van der Waals surface area contributed by atoms with Crippen LogP contribution in [0.4, 0.5) is 0 Å². The molecule has 0 radical (unpaired) electrons. The maximum atomic E-state index is 8.80. The van der Waals surface area contributed by atoms with Gasteiger partial charge in [0.2, 0.25) is 0 Å². The summed E-state index contributed by atoms with van der Waals surface area (Å²) in [5.41, 5.74) is 9.54. The minimum absolute atomic E-state index is 0.424. The summed E-state index contributed by atoms with van der Waals surface area (Å²) in [5.74, 6) is 0.712. The molecule has 0 aromatic heterocycles. The van der Waals surface area contributed by atoms with Crippen molar-refractivity contribution in [3.8, 4) is 11.8 Å². The molecular formula is C12H12N4O. The smallest absolute Gasteiger partial charge is 0.126 e. The van der Waals surface area contributed by atoms with Crippen molar-refractivity contribution in [3.05, 3.63) is 45.8 Å². The molecule has 0 atom stereocenters. The molecule has 1 aromatic rings. The van der Waals surface area contributed by atoms with Crippen LogP contribution in [0.3, 0.4) is 0 Å². The van der Waals surface area contributed by atoms with Crippen LogP contribution < -0.4 is 4.74 Å². The summed E-state index contributed by atoms with van der Waals surface area (Å²) in [5, 5.41) is 12.2. The van der Waals surface area contributed by atoms with Crippen molar-refractivity contribution in [1.82, 2.24) is 0 Å². The van der Waals surface area contributed by atoms with E-state index in [-0.39, 0.29) is 0 Å². The average molecular weight is 228 g/mol. The molecule has 0 aliphatic heterocycles. The van der Waals surface area contributed by atoms with Crippen molar-refractivity contribution in [2.24, 2.45) is 5.11 Å². The van der Waals surface area contributed by atoms with Crippen molar-refractivity contribution in [2.75, 3.05) is 13.7 Å². The molecule has 0 amide bonds. The Hall–Kier alpha value is -2.44. The molecular weight excluding hydrogens is 216 g/mol. The van der Waals surface area contributed by atoms with Gasteiger partial charge in [-0.1, -0.05) is 17.3 Å². The van der Waals surface area contributed by atoms with Crippen LogP contribution in [0.5, 0.6) is 5.75 Å². The number of benzene rings is 1. The highest BCUT2D eigenvalue weighted by Crippen LogP contribution is 2.21. The van der Waals surface area contributed by atoms with Crippen molar-refractivity contribution < 1.29 is 4.74 Å². The number of hydrogen-bond acceptors (Lipinski definition) is 3. The average Bonchev–Trinajstić information content (AvgIpc) is 2.38. The summed E-state index contributed by atoms with van der Waals surface area (Å²) in [6, 6.07) is 7.29. The highest BCUT2D eigenvalue weighted by atomic mass is 16.5. The van der Waals surface area contributed by atoms with Crippen LogP contribution in [-0.2, 0) is 0 Å². The fraction of sp³-hybridized carbons (Fsp3) is 0.250. The summed E-state index contributed by atoms with van der Waals surface area (Å²) >= 11 is 0. The first-order chi connectivity index (χ1) is 8.31. The number of nitrogens with zero attached hydrogens (tertiary/aromatic N) is 4. The van der Waals surface area contributed by atoms with Gasteiger partial charge in [-0.2, -0.15) is 5.26 Å². The van der Waals surface area contributed by atoms with Crippen LogP contribution >= 0.6 is 0 Å². The largest absolute Gasteiger partial charge is 0.496 e. The Morgan fingerprint density at radius 2 is 2.41 bits per heavy atom. The monoisotopic (exact) mass is 228 g/mol. The number of ether oxygens (including phenoxy) is 1. The molecule has 0 N–H and O–H groups in total. The van der Waals surface area contributed by atoms with Crippen LogP contribution in [0.2, 0.25) is 0 Å². The summed E-state index contributed by atoms with van der Waals surface area (Å²) in [6.45, 7) is 0.424. The Morgan fingerprint density at radius 3 is 3.06 bits per heavy atom. The molecule has 17 heavy (non-hydrogen) atoms. The van der Waals surface area contributed by atoms with Crippen molar-refractivity contribution in [3.63, 3.8) is 0 Å². The minimum atomic E-state index is 0.424. The molecule has 1 aromatic carbocycles. The number of hydrogen-bond donors (Lipinski definition) is 0. The van der Waals surface area contributed by atoms with Gasteiger partial charge < -0.3 is 4.74 Å². The first kappa shape index (κ1) is 12.6. The van der Waals surface area contributed by atoms with Crippen molar-refractivity contribution in [1.29, 1.82) is 5.26 Å². The molecule has 0 heterocycles. The van der Waals surface area contributed by atoms with E-state index in [1.54, 1.807) is 25.3 Å². The molecule has 1 rings (SSSR count). The predicted molar refractivity (Wildman–Crippen MR) is 65.4 cm³/mol. The van der Waals surface area contributed by atoms with E-state index in [1.165, 1.54) is 0 Å². The fourth-order valence-electron chi connectivity index (χ4n) is 1.32. The molecule has 86 valence electrons. The number of rotatable bonds is 5. The summed E-state index contributed by atoms with van der Waals surface area (Å²) < 4.78 is 5.18. The molecule has 5 nitrogen and oxygen atoms in total. The highest BCUT2D eigenvalue weighted by molar-refractivity contribution is 5.59. The van der Waals surface area contributed by atoms with E-state index in [9.17, 15) is 0 Å². The zero-order valence-corrected chi connectivity index (χ0v) is 9.50. The van der Waals surface area contributed by atoms with Gasteiger partial charge in [-0.25, -0.2) is 0 Å².